The average molecular weight is 467 g/mol. The molecule has 34 heavy (non-hydrogen) atoms. The molecule has 4 nitrogen and oxygen atoms in total. The quantitative estimate of drug-likeness (QED) is 0.348. The highest BCUT2D eigenvalue weighted by Gasteiger charge is 2.42. The van der Waals surface area contributed by atoms with E-state index >= 15 is 0 Å². The molecule has 1 aliphatic heterocycles. The lowest BCUT2D eigenvalue weighted by molar-refractivity contribution is 0.563. The van der Waals surface area contributed by atoms with Crippen LogP contribution in [0.3, 0.4) is 0 Å². The van der Waals surface area contributed by atoms with Gasteiger partial charge in [0, 0.05) is 29.8 Å². The van der Waals surface area contributed by atoms with Gasteiger partial charge in [-0.25, -0.2) is 0 Å². The molecular weight excluding hydrogens is 436 g/mol. The third-order valence-corrected chi connectivity index (χ3v) is 7.30. The number of hydrogen-bond acceptors (Lipinski definition) is 2. The normalized spacial score (nSPS) is 17.8. The summed E-state index contributed by atoms with van der Waals surface area (Å²) in [5, 5.41) is 4.33. The second-order valence-electron chi connectivity index (χ2n) is 9.16. The van der Waals surface area contributed by atoms with Gasteiger partial charge in [0.25, 0.3) is 0 Å². The van der Waals surface area contributed by atoms with Crippen LogP contribution in [-0.2, 0) is 6.54 Å². The van der Waals surface area contributed by atoms with Crippen molar-refractivity contribution >= 4 is 23.0 Å². The molecule has 5 rings (SSSR count). The topological polar surface area (TPSA) is 33.1 Å². The zero-order chi connectivity index (χ0) is 23.8. The summed E-state index contributed by atoms with van der Waals surface area (Å²) in [5.74, 6) is 0. The van der Waals surface area contributed by atoms with Crippen LogP contribution in [0.5, 0.6) is 0 Å². The van der Waals surface area contributed by atoms with E-state index in [0.29, 0.717) is 0 Å². The first-order valence-corrected chi connectivity index (χ1v) is 12.1. The maximum Gasteiger partial charge on any atom is 0.174 e. The molecule has 4 aromatic rings. The fourth-order valence-corrected chi connectivity index (χ4v) is 5.31. The third-order valence-electron chi connectivity index (χ3n) is 6.98. The molecule has 1 aliphatic rings. The first-order chi connectivity index (χ1) is 16.4. The van der Waals surface area contributed by atoms with Gasteiger partial charge < -0.3 is 14.8 Å². The van der Waals surface area contributed by atoms with Crippen molar-refractivity contribution in [2.75, 3.05) is 4.90 Å². The van der Waals surface area contributed by atoms with E-state index in [0.717, 1.165) is 23.0 Å². The fraction of sp³-hybridized carbons (Fsp3) is 0.241. The Labute approximate surface area is 207 Å². The number of pyridine rings is 1. The lowest BCUT2D eigenvalue weighted by Crippen LogP contribution is -2.29. The van der Waals surface area contributed by atoms with Crippen molar-refractivity contribution in [2.24, 2.45) is 0 Å². The van der Waals surface area contributed by atoms with E-state index in [4.69, 9.17) is 17.2 Å². The minimum atomic E-state index is -0.0408. The summed E-state index contributed by atoms with van der Waals surface area (Å²) in [6.07, 6.45) is 1.86. The van der Waals surface area contributed by atoms with E-state index < -0.39 is 0 Å². The second kappa shape index (κ2) is 9.07. The molecule has 172 valence electrons. The van der Waals surface area contributed by atoms with Crippen molar-refractivity contribution in [3.05, 3.63) is 118 Å². The van der Waals surface area contributed by atoms with Crippen LogP contribution in [0.4, 0.5) is 5.69 Å². The average Bonchev–Trinajstić information content (AvgIpc) is 3.33. The Hall–Kier alpha value is -3.44. The van der Waals surface area contributed by atoms with Crippen molar-refractivity contribution in [3.8, 4) is 0 Å². The van der Waals surface area contributed by atoms with E-state index in [1.54, 1.807) is 0 Å². The fourth-order valence-electron chi connectivity index (χ4n) is 4.96. The van der Waals surface area contributed by atoms with Crippen LogP contribution in [0, 0.1) is 27.7 Å². The van der Waals surface area contributed by atoms with Crippen LogP contribution in [0.15, 0.2) is 79.0 Å². The van der Waals surface area contributed by atoms with Crippen molar-refractivity contribution in [1.82, 2.24) is 14.9 Å². The van der Waals surface area contributed by atoms with Crippen molar-refractivity contribution in [3.63, 3.8) is 0 Å². The van der Waals surface area contributed by atoms with Crippen LogP contribution < -0.4 is 10.2 Å². The molecule has 2 aromatic carbocycles. The molecule has 2 aromatic heterocycles. The van der Waals surface area contributed by atoms with Gasteiger partial charge in [0.1, 0.15) is 0 Å². The number of rotatable bonds is 5. The van der Waals surface area contributed by atoms with Gasteiger partial charge in [-0.15, -0.1) is 0 Å². The predicted molar refractivity (Wildman–Crippen MR) is 143 cm³/mol. The summed E-state index contributed by atoms with van der Waals surface area (Å²) < 4.78 is 2.40. The highest BCUT2D eigenvalue weighted by molar-refractivity contribution is 7.80. The highest BCUT2D eigenvalue weighted by Crippen LogP contribution is 2.43. The Morgan fingerprint density at radius 1 is 0.882 bits per heavy atom. The molecule has 0 aliphatic carbocycles. The lowest BCUT2D eigenvalue weighted by atomic mass is 9.96. The molecule has 2 unspecified atom stereocenters. The van der Waals surface area contributed by atoms with Crippen LogP contribution in [0.2, 0.25) is 0 Å². The van der Waals surface area contributed by atoms with Gasteiger partial charge in [0.2, 0.25) is 0 Å². The number of nitrogens with one attached hydrogen (secondary N) is 1. The molecule has 1 fully saturated rings. The number of nitrogens with zero attached hydrogens (tertiary/aromatic N) is 3. The Kier molecular flexibility index (Phi) is 5.96. The van der Waals surface area contributed by atoms with Gasteiger partial charge in [-0.3, -0.25) is 4.98 Å². The Balaban J connectivity index is 1.63. The number of hydrogen-bond donors (Lipinski definition) is 1. The zero-order valence-corrected chi connectivity index (χ0v) is 20.9. The van der Waals surface area contributed by atoms with E-state index in [1.807, 2.05) is 18.3 Å². The van der Waals surface area contributed by atoms with E-state index in [-0.39, 0.29) is 12.1 Å². The van der Waals surface area contributed by atoms with Crippen molar-refractivity contribution in [1.29, 1.82) is 0 Å². The summed E-state index contributed by atoms with van der Waals surface area (Å²) in [6.45, 7) is 9.56. The third kappa shape index (κ3) is 4.01. The first-order valence-electron chi connectivity index (χ1n) is 11.7. The van der Waals surface area contributed by atoms with Gasteiger partial charge in [-0.05, 0) is 92.5 Å². The van der Waals surface area contributed by atoms with Gasteiger partial charge in [0.05, 0.1) is 17.8 Å². The van der Waals surface area contributed by atoms with Gasteiger partial charge in [-0.1, -0.05) is 42.5 Å². The monoisotopic (exact) mass is 466 g/mol. The number of anilines is 1. The molecule has 2 atom stereocenters. The minimum Gasteiger partial charge on any atom is -0.351 e. The number of benzene rings is 2. The summed E-state index contributed by atoms with van der Waals surface area (Å²) in [4.78, 5) is 6.98. The van der Waals surface area contributed by atoms with E-state index in [1.165, 1.54) is 33.6 Å². The summed E-state index contributed by atoms with van der Waals surface area (Å²) in [5.41, 5.74) is 9.71. The molecule has 0 saturated carbocycles. The lowest BCUT2D eigenvalue weighted by Gasteiger charge is -2.28. The molecule has 1 saturated heterocycles. The minimum absolute atomic E-state index is 0.000212. The Bertz CT molecular complexity index is 1330. The van der Waals surface area contributed by atoms with Crippen LogP contribution in [-0.4, -0.2) is 14.7 Å². The molecule has 3 heterocycles. The van der Waals surface area contributed by atoms with Crippen LogP contribution in [0.25, 0.3) is 0 Å². The number of aromatic nitrogens is 2. The molecule has 0 amide bonds. The molecule has 0 radical (unpaired) electrons. The Morgan fingerprint density at radius 3 is 2.35 bits per heavy atom. The standard InChI is InChI=1S/C29H30N4S/c1-19-13-14-24(16-20(19)2)33-28(27(31-29(33)34)26-12-8-9-15-30-26)25-17-21(3)32(22(25)4)18-23-10-6-5-7-11-23/h5-17,27-28H,18H2,1-4H3,(H,31,34). The van der Waals surface area contributed by atoms with Crippen LogP contribution >= 0.6 is 12.2 Å². The molecule has 1 N–H and O–H groups in total. The molecule has 5 heteroatoms. The molecule has 0 spiro atoms. The van der Waals surface area contributed by atoms with Gasteiger partial charge >= 0.3 is 0 Å². The number of thiocarbonyl (C=S) groups is 1. The number of aryl methyl sites for hydroxylation is 3. The molecule has 0 bridgehead atoms. The first kappa shape index (κ1) is 22.4. The van der Waals surface area contributed by atoms with E-state index in [9.17, 15) is 0 Å². The van der Waals surface area contributed by atoms with Gasteiger partial charge in [-0.2, -0.15) is 0 Å². The maximum atomic E-state index is 5.92. The van der Waals surface area contributed by atoms with E-state index in [2.05, 4.69) is 103 Å². The highest BCUT2D eigenvalue weighted by atomic mass is 32.1. The van der Waals surface area contributed by atoms with Crippen LogP contribution in [0.1, 0.15) is 51.4 Å². The van der Waals surface area contributed by atoms with Crippen molar-refractivity contribution < 1.29 is 0 Å². The smallest absolute Gasteiger partial charge is 0.174 e. The van der Waals surface area contributed by atoms with Gasteiger partial charge in [0.15, 0.2) is 5.11 Å². The van der Waals surface area contributed by atoms with Crippen molar-refractivity contribution in [2.45, 2.75) is 46.3 Å². The zero-order valence-electron chi connectivity index (χ0n) is 20.1. The SMILES string of the molecule is Cc1ccc(N2C(=S)NC(c3ccccn3)C2c2cc(C)n(Cc3ccccc3)c2C)cc1C. The predicted octanol–water partition coefficient (Wildman–Crippen LogP) is 6.34. The maximum absolute atomic E-state index is 5.92. The summed E-state index contributed by atoms with van der Waals surface area (Å²) in [7, 11) is 0. The Morgan fingerprint density at radius 2 is 1.65 bits per heavy atom. The second-order valence-corrected chi connectivity index (χ2v) is 9.55. The summed E-state index contributed by atoms with van der Waals surface area (Å²) >= 11 is 5.92. The summed E-state index contributed by atoms with van der Waals surface area (Å²) in [6, 6.07) is 25.6. The largest absolute Gasteiger partial charge is 0.351 e. The molecular formula is C29H30N4S.